The van der Waals surface area contributed by atoms with Gasteiger partial charge in [-0.15, -0.1) is 10.2 Å². The van der Waals surface area contributed by atoms with Gasteiger partial charge >= 0.3 is 0 Å². The summed E-state index contributed by atoms with van der Waals surface area (Å²) in [6.45, 7) is 1.34. The van der Waals surface area contributed by atoms with Crippen LogP contribution >= 0.6 is 0 Å². The Bertz CT molecular complexity index is 317. The van der Waals surface area contributed by atoms with E-state index in [1.54, 1.807) is 7.05 Å². The van der Waals surface area contributed by atoms with E-state index in [2.05, 4.69) is 15.4 Å². The highest BCUT2D eigenvalue weighted by Crippen LogP contribution is 1.93. The van der Waals surface area contributed by atoms with E-state index in [4.69, 9.17) is 0 Å². The fraction of sp³-hybridized carbons (Fsp3) is 0.500. The van der Waals surface area contributed by atoms with E-state index in [0.29, 0.717) is 0 Å². The summed E-state index contributed by atoms with van der Waals surface area (Å²) in [6.07, 6.45) is -0.161. The molecule has 1 aromatic rings. The van der Waals surface area contributed by atoms with E-state index in [0.717, 1.165) is 0 Å². The molecule has 0 spiro atoms. The maximum atomic E-state index is 11.1. The van der Waals surface area contributed by atoms with Gasteiger partial charge in [-0.1, -0.05) is 0 Å². The van der Waals surface area contributed by atoms with Gasteiger partial charge in [0.15, 0.2) is 0 Å². The highest BCUT2D eigenvalue weighted by atomic mass is 16.1. The van der Waals surface area contributed by atoms with Crippen LogP contribution in [0.15, 0.2) is 0 Å². The number of nitrogens with zero attached hydrogens (tertiary/aromatic N) is 4. The molecule has 0 saturated carbocycles. The third-order valence-corrected chi connectivity index (χ3v) is 1.17. The molecule has 0 radical (unpaired) electrons. The molecular weight excluding hydrogens is 160 g/mol. The molecule has 1 rings (SSSR count). The summed E-state index contributed by atoms with van der Waals surface area (Å²) in [5.74, 6) is -0.601. The minimum Gasteiger partial charge on any atom is -0.300 e. The number of aromatic nitrogens is 4. The molecule has 0 aliphatic rings. The van der Waals surface area contributed by atoms with Crippen LogP contribution in [0.5, 0.6) is 0 Å². The van der Waals surface area contributed by atoms with Gasteiger partial charge in [0.2, 0.25) is 11.6 Å². The molecule has 1 heterocycles. The molecule has 0 saturated heterocycles. The Balaban J connectivity index is 2.72. The first-order chi connectivity index (χ1) is 5.59. The van der Waals surface area contributed by atoms with Gasteiger partial charge in [0, 0.05) is 0 Å². The summed E-state index contributed by atoms with van der Waals surface area (Å²) >= 11 is 0. The van der Waals surface area contributed by atoms with Gasteiger partial charge in [0.1, 0.15) is 5.78 Å². The highest BCUT2D eigenvalue weighted by Gasteiger charge is 2.13. The van der Waals surface area contributed by atoms with Crippen LogP contribution in [0.4, 0.5) is 0 Å². The molecule has 1 aromatic heterocycles. The van der Waals surface area contributed by atoms with E-state index in [1.165, 1.54) is 11.7 Å². The molecule has 0 atom stereocenters. The van der Waals surface area contributed by atoms with Gasteiger partial charge < -0.3 is 0 Å². The van der Waals surface area contributed by atoms with Crippen molar-refractivity contribution in [3.8, 4) is 0 Å². The molecule has 0 aliphatic carbocycles. The van der Waals surface area contributed by atoms with Crippen molar-refractivity contribution in [3.63, 3.8) is 0 Å². The van der Waals surface area contributed by atoms with Crippen LogP contribution < -0.4 is 0 Å². The number of carbonyl (C=O) groups excluding carboxylic acids is 2. The maximum Gasteiger partial charge on any atom is 0.240 e. The van der Waals surface area contributed by atoms with Crippen LogP contribution in [0, 0.1) is 0 Å². The number of rotatable bonds is 3. The fourth-order valence-electron chi connectivity index (χ4n) is 0.701. The number of Topliss-reactive ketones (excluding diaryl/α,β-unsaturated/α-hetero) is 2. The number of hydrogen-bond acceptors (Lipinski definition) is 5. The first-order valence-electron chi connectivity index (χ1n) is 3.36. The normalized spacial score (nSPS) is 9.83. The van der Waals surface area contributed by atoms with Crippen molar-refractivity contribution in [2.24, 2.45) is 7.05 Å². The lowest BCUT2D eigenvalue weighted by atomic mass is 10.2. The van der Waals surface area contributed by atoms with Crippen molar-refractivity contribution in [3.05, 3.63) is 5.82 Å². The van der Waals surface area contributed by atoms with E-state index < -0.39 is 5.78 Å². The first kappa shape index (κ1) is 8.51. The zero-order valence-corrected chi connectivity index (χ0v) is 6.81. The first-order valence-corrected chi connectivity index (χ1v) is 3.36. The number of ketones is 2. The second kappa shape index (κ2) is 3.21. The minimum atomic E-state index is -0.393. The third-order valence-electron chi connectivity index (χ3n) is 1.17. The zero-order valence-electron chi connectivity index (χ0n) is 6.81. The van der Waals surface area contributed by atoms with Crippen LogP contribution in [-0.4, -0.2) is 31.8 Å². The van der Waals surface area contributed by atoms with Gasteiger partial charge in [0.25, 0.3) is 0 Å². The molecule has 64 valence electrons. The Morgan fingerprint density at radius 1 is 1.50 bits per heavy atom. The molecule has 6 heteroatoms. The molecule has 0 fully saturated rings. The summed E-state index contributed by atoms with van der Waals surface area (Å²) in [6, 6.07) is 0. The average Bonchev–Trinajstić information content (AvgIpc) is 2.34. The topological polar surface area (TPSA) is 77.7 Å². The van der Waals surface area contributed by atoms with Crippen LogP contribution in [0.3, 0.4) is 0 Å². The molecule has 0 N–H and O–H groups in total. The van der Waals surface area contributed by atoms with Gasteiger partial charge in [-0.3, -0.25) is 9.59 Å². The number of carbonyl (C=O) groups is 2. The zero-order chi connectivity index (χ0) is 9.14. The van der Waals surface area contributed by atoms with Crippen molar-refractivity contribution in [2.75, 3.05) is 0 Å². The Labute approximate surface area is 68.6 Å². The van der Waals surface area contributed by atoms with E-state index in [9.17, 15) is 9.59 Å². The standard InChI is InChI=1S/C6H8N4O2/c1-4(11)3-5(12)6-7-9-10(2)8-6/h3H2,1-2H3. The lowest BCUT2D eigenvalue weighted by Gasteiger charge is -1.87. The van der Waals surface area contributed by atoms with Crippen LogP contribution in [-0.2, 0) is 11.8 Å². The number of hydrogen-bond donors (Lipinski definition) is 0. The van der Waals surface area contributed by atoms with Crippen LogP contribution in [0.2, 0.25) is 0 Å². The molecule has 0 amide bonds. The third kappa shape index (κ3) is 1.94. The van der Waals surface area contributed by atoms with Crippen molar-refractivity contribution in [1.82, 2.24) is 20.2 Å². The predicted molar refractivity (Wildman–Crippen MR) is 38.4 cm³/mol. The monoisotopic (exact) mass is 168 g/mol. The van der Waals surface area contributed by atoms with Gasteiger partial charge in [0.05, 0.1) is 13.5 Å². The van der Waals surface area contributed by atoms with E-state index >= 15 is 0 Å². The summed E-state index contributed by atoms with van der Waals surface area (Å²) in [4.78, 5) is 22.8. The molecule has 12 heavy (non-hydrogen) atoms. The van der Waals surface area contributed by atoms with Crippen molar-refractivity contribution >= 4 is 11.6 Å². The van der Waals surface area contributed by atoms with E-state index in [1.807, 2.05) is 0 Å². The lowest BCUT2D eigenvalue weighted by Crippen LogP contribution is -2.07. The smallest absolute Gasteiger partial charge is 0.240 e. The Morgan fingerprint density at radius 2 is 2.17 bits per heavy atom. The van der Waals surface area contributed by atoms with Gasteiger partial charge in [-0.2, -0.15) is 4.80 Å². The Morgan fingerprint density at radius 3 is 2.58 bits per heavy atom. The van der Waals surface area contributed by atoms with Gasteiger partial charge in [-0.25, -0.2) is 0 Å². The number of tetrazole rings is 1. The fourth-order valence-corrected chi connectivity index (χ4v) is 0.701. The second-order valence-electron chi connectivity index (χ2n) is 2.40. The minimum absolute atomic E-state index is 0.00676. The SMILES string of the molecule is CC(=O)CC(=O)c1nnn(C)n1. The summed E-state index contributed by atoms with van der Waals surface area (Å²) in [5, 5.41) is 10.6. The van der Waals surface area contributed by atoms with Crippen LogP contribution in [0.1, 0.15) is 24.0 Å². The number of aryl methyl sites for hydroxylation is 1. The summed E-state index contributed by atoms with van der Waals surface area (Å²) in [7, 11) is 1.55. The second-order valence-corrected chi connectivity index (χ2v) is 2.40. The van der Waals surface area contributed by atoms with Crippen molar-refractivity contribution in [2.45, 2.75) is 13.3 Å². The lowest BCUT2D eigenvalue weighted by molar-refractivity contribution is -0.116. The molecule has 0 aromatic carbocycles. The molecule has 0 bridgehead atoms. The highest BCUT2D eigenvalue weighted by molar-refractivity contribution is 6.05. The average molecular weight is 168 g/mol. The quantitative estimate of drug-likeness (QED) is 0.443. The van der Waals surface area contributed by atoms with E-state index in [-0.39, 0.29) is 18.0 Å². The molecule has 0 aliphatic heterocycles. The summed E-state index contributed by atoms with van der Waals surface area (Å²) in [5.41, 5.74) is 0. The van der Waals surface area contributed by atoms with Gasteiger partial charge in [-0.05, 0) is 12.1 Å². The Hall–Kier alpha value is -1.59. The molecule has 0 unspecified atom stereocenters. The van der Waals surface area contributed by atoms with Crippen molar-refractivity contribution < 1.29 is 9.59 Å². The summed E-state index contributed by atoms with van der Waals surface area (Å²) < 4.78 is 0. The maximum absolute atomic E-state index is 11.1. The molecule has 6 nitrogen and oxygen atoms in total. The molecular formula is C6H8N4O2. The predicted octanol–water partition coefficient (Wildman–Crippen LogP) is -0.628. The largest absolute Gasteiger partial charge is 0.300 e. The Kier molecular flexibility index (Phi) is 2.27. The van der Waals surface area contributed by atoms with Crippen LogP contribution in [0.25, 0.3) is 0 Å². The van der Waals surface area contributed by atoms with Crippen molar-refractivity contribution in [1.29, 1.82) is 0 Å².